The summed E-state index contributed by atoms with van der Waals surface area (Å²) in [7, 11) is 0. The summed E-state index contributed by atoms with van der Waals surface area (Å²) in [5.74, 6) is 0. The molecule has 1 aromatic heterocycles. The molecule has 0 saturated carbocycles. The van der Waals surface area contributed by atoms with Crippen LogP contribution in [0.5, 0.6) is 0 Å². The summed E-state index contributed by atoms with van der Waals surface area (Å²) in [4.78, 5) is 0. The molecule has 2 unspecified atom stereocenters. The number of rotatable bonds is 4. The Morgan fingerprint density at radius 1 is 1.14 bits per heavy atom. The molecule has 0 saturated heterocycles. The molecule has 14 heavy (non-hydrogen) atoms. The van der Waals surface area contributed by atoms with Gasteiger partial charge in [0.2, 0.25) is 0 Å². The van der Waals surface area contributed by atoms with Gasteiger partial charge < -0.3 is 19.3 Å². The van der Waals surface area contributed by atoms with Crippen LogP contribution in [-0.4, -0.2) is 31.6 Å². The van der Waals surface area contributed by atoms with Crippen molar-refractivity contribution >= 4 is 12.2 Å². The zero-order valence-electron chi connectivity index (χ0n) is 8.42. The molecule has 5 heteroatoms. The summed E-state index contributed by atoms with van der Waals surface area (Å²) in [6, 6.07) is 0. The van der Waals surface area contributed by atoms with E-state index in [1.807, 2.05) is 12.4 Å². The predicted octanol–water partition coefficient (Wildman–Crippen LogP) is 0.781. The van der Waals surface area contributed by atoms with Crippen LogP contribution in [0, 0.1) is 4.77 Å². The fraction of sp³-hybridized carbons (Fsp3) is 0.667. The minimum atomic E-state index is -0.413. The van der Waals surface area contributed by atoms with E-state index in [2.05, 4.69) is 0 Å². The molecule has 2 atom stereocenters. The smallest absolute Gasteiger partial charge is 0.179 e. The average Bonchev–Trinajstić information content (AvgIpc) is 2.34. The van der Waals surface area contributed by atoms with Crippen LogP contribution in [0.2, 0.25) is 0 Å². The second-order valence-corrected chi connectivity index (χ2v) is 3.95. The maximum Gasteiger partial charge on any atom is 0.179 e. The van der Waals surface area contributed by atoms with Crippen molar-refractivity contribution in [3.8, 4) is 0 Å². The third-order valence-electron chi connectivity index (χ3n) is 1.84. The average molecular weight is 216 g/mol. The predicted molar refractivity (Wildman–Crippen MR) is 56.6 cm³/mol. The molecule has 1 rings (SSSR count). The van der Waals surface area contributed by atoms with E-state index in [9.17, 15) is 10.2 Å². The molecule has 80 valence electrons. The van der Waals surface area contributed by atoms with Crippen LogP contribution in [0.25, 0.3) is 0 Å². The summed E-state index contributed by atoms with van der Waals surface area (Å²) in [6.45, 7) is 4.42. The van der Waals surface area contributed by atoms with Crippen LogP contribution in [0.3, 0.4) is 0 Å². The normalized spacial score (nSPS) is 15.4. The van der Waals surface area contributed by atoms with Crippen molar-refractivity contribution in [3.63, 3.8) is 0 Å². The Labute approximate surface area is 88.4 Å². The molecular weight excluding hydrogens is 200 g/mol. The van der Waals surface area contributed by atoms with Gasteiger partial charge in [0.25, 0.3) is 0 Å². The molecule has 0 amide bonds. The lowest BCUT2D eigenvalue weighted by Gasteiger charge is -2.07. The Balaban J connectivity index is 2.80. The van der Waals surface area contributed by atoms with Gasteiger partial charge in [0.1, 0.15) is 0 Å². The summed E-state index contributed by atoms with van der Waals surface area (Å²) in [5, 5.41) is 18.4. The van der Waals surface area contributed by atoms with Crippen molar-refractivity contribution in [3.05, 3.63) is 17.2 Å². The van der Waals surface area contributed by atoms with E-state index in [0.29, 0.717) is 17.9 Å². The Hall–Kier alpha value is -0.650. The molecule has 0 spiro atoms. The van der Waals surface area contributed by atoms with Gasteiger partial charge in [-0.05, 0) is 26.1 Å². The highest BCUT2D eigenvalue weighted by Gasteiger charge is 2.04. The van der Waals surface area contributed by atoms with Gasteiger partial charge in [0.15, 0.2) is 4.77 Å². The van der Waals surface area contributed by atoms with Gasteiger partial charge in [-0.1, -0.05) is 0 Å². The third kappa shape index (κ3) is 2.94. The van der Waals surface area contributed by atoms with E-state index in [0.717, 1.165) is 0 Å². The number of hydrogen-bond acceptors (Lipinski definition) is 3. The fourth-order valence-corrected chi connectivity index (χ4v) is 1.57. The largest absolute Gasteiger partial charge is 0.392 e. The molecule has 0 aliphatic heterocycles. The van der Waals surface area contributed by atoms with Gasteiger partial charge in [-0.2, -0.15) is 0 Å². The van der Waals surface area contributed by atoms with Crippen molar-refractivity contribution in [1.82, 2.24) is 9.13 Å². The quantitative estimate of drug-likeness (QED) is 0.731. The number of aliphatic hydroxyl groups is 2. The number of nitrogens with zero attached hydrogens (tertiary/aromatic N) is 2. The van der Waals surface area contributed by atoms with Crippen LogP contribution in [0.4, 0.5) is 0 Å². The molecule has 2 N–H and O–H groups in total. The van der Waals surface area contributed by atoms with E-state index in [1.54, 1.807) is 23.0 Å². The van der Waals surface area contributed by atoms with Crippen molar-refractivity contribution in [2.45, 2.75) is 39.1 Å². The molecule has 1 aromatic rings. The van der Waals surface area contributed by atoms with Crippen molar-refractivity contribution in [2.24, 2.45) is 0 Å². The molecular formula is C9H16N2O2S. The molecule has 1 heterocycles. The van der Waals surface area contributed by atoms with E-state index in [4.69, 9.17) is 12.2 Å². The Morgan fingerprint density at radius 3 is 1.79 bits per heavy atom. The van der Waals surface area contributed by atoms with Gasteiger partial charge in [-0.15, -0.1) is 0 Å². The third-order valence-corrected chi connectivity index (χ3v) is 2.31. The highest BCUT2D eigenvalue weighted by atomic mass is 32.1. The number of aromatic nitrogens is 2. The van der Waals surface area contributed by atoms with E-state index >= 15 is 0 Å². The first-order valence-corrected chi connectivity index (χ1v) is 5.03. The first-order chi connectivity index (χ1) is 6.50. The van der Waals surface area contributed by atoms with Crippen LogP contribution >= 0.6 is 12.2 Å². The standard InChI is InChI=1S/C9H16N2O2S/c1-7(12)5-10-3-4-11(9(10)14)6-8(2)13/h3-4,7-8,12-13H,5-6H2,1-2H3. The number of aliphatic hydroxyl groups excluding tert-OH is 2. The minimum Gasteiger partial charge on any atom is -0.392 e. The molecule has 0 fully saturated rings. The van der Waals surface area contributed by atoms with Crippen LogP contribution in [0.1, 0.15) is 13.8 Å². The zero-order chi connectivity index (χ0) is 10.7. The highest BCUT2D eigenvalue weighted by Crippen LogP contribution is 2.01. The number of imidazole rings is 1. The molecule has 0 aliphatic carbocycles. The molecule has 0 aliphatic rings. The van der Waals surface area contributed by atoms with E-state index in [-0.39, 0.29) is 0 Å². The van der Waals surface area contributed by atoms with Gasteiger partial charge in [-0.3, -0.25) is 0 Å². The first kappa shape index (κ1) is 11.4. The lowest BCUT2D eigenvalue weighted by molar-refractivity contribution is 0.167. The van der Waals surface area contributed by atoms with Crippen molar-refractivity contribution < 1.29 is 10.2 Å². The monoisotopic (exact) mass is 216 g/mol. The maximum absolute atomic E-state index is 9.20. The second kappa shape index (κ2) is 4.72. The second-order valence-electron chi connectivity index (χ2n) is 3.58. The van der Waals surface area contributed by atoms with Crippen LogP contribution < -0.4 is 0 Å². The van der Waals surface area contributed by atoms with E-state index < -0.39 is 12.2 Å². The summed E-state index contributed by atoms with van der Waals surface area (Å²) < 4.78 is 4.22. The highest BCUT2D eigenvalue weighted by molar-refractivity contribution is 7.71. The molecule has 4 nitrogen and oxygen atoms in total. The van der Waals surface area contributed by atoms with Crippen LogP contribution in [0.15, 0.2) is 12.4 Å². The minimum absolute atomic E-state index is 0.413. The van der Waals surface area contributed by atoms with Crippen molar-refractivity contribution in [2.75, 3.05) is 0 Å². The topological polar surface area (TPSA) is 50.3 Å². The Morgan fingerprint density at radius 2 is 1.50 bits per heavy atom. The zero-order valence-corrected chi connectivity index (χ0v) is 9.24. The van der Waals surface area contributed by atoms with Crippen molar-refractivity contribution in [1.29, 1.82) is 0 Å². The SMILES string of the molecule is CC(O)Cn1ccn(CC(C)O)c1=S. The fourth-order valence-electron chi connectivity index (χ4n) is 1.30. The van der Waals surface area contributed by atoms with Gasteiger partial charge in [0.05, 0.1) is 25.3 Å². The Kier molecular flexibility index (Phi) is 3.86. The maximum atomic E-state index is 9.20. The lowest BCUT2D eigenvalue weighted by atomic mass is 10.4. The summed E-state index contributed by atoms with van der Waals surface area (Å²) in [6.07, 6.45) is 2.81. The van der Waals surface area contributed by atoms with Gasteiger partial charge in [0, 0.05) is 12.4 Å². The number of hydrogen-bond donors (Lipinski definition) is 2. The van der Waals surface area contributed by atoms with E-state index in [1.165, 1.54) is 0 Å². The molecule has 0 radical (unpaired) electrons. The summed E-state index contributed by atoms with van der Waals surface area (Å²) >= 11 is 5.17. The first-order valence-electron chi connectivity index (χ1n) is 4.62. The molecule has 0 aromatic carbocycles. The molecule has 0 bridgehead atoms. The van der Waals surface area contributed by atoms with Gasteiger partial charge >= 0.3 is 0 Å². The summed E-state index contributed by atoms with van der Waals surface area (Å²) in [5.41, 5.74) is 0. The lowest BCUT2D eigenvalue weighted by Crippen LogP contribution is -2.14. The van der Waals surface area contributed by atoms with Crippen LogP contribution in [-0.2, 0) is 13.1 Å². The Bertz CT molecular complexity index is 310. The van der Waals surface area contributed by atoms with Gasteiger partial charge in [-0.25, -0.2) is 0 Å².